The number of pyridine rings is 1. The zero-order valence-corrected chi connectivity index (χ0v) is 14.0. The number of rotatable bonds is 5. The highest BCUT2D eigenvalue weighted by Gasteiger charge is 2.34. The van der Waals surface area contributed by atoms with Gasteiger partial charge in [0, 0.05) is 12.4 Å². The lowest BCUT2D eigenvalue weighted by molar-refractivity contribution is -0.123. The fourth-order valence-corrected chi connectivity index (χ4v) is 3.12. The van der Waals surface area contributed by atoms with Gasteiger partial charge in [-0.25, -0.2) is 0 Å². The van der Waals surface area contributed by atoms with Crippen LogP contribution in [0.2, 0.25) is 0 Å². The molecule has 0 spiro atoms. The Labute approximate surface area is 144 Å². The molecule has 1 saturated heterocycles. The second-order valence-corrected chi connectivity index (χ2v) is 6.12. The Balaban J connectivity index is 1.75. The van der Waals surface area contributed by atoms with Gasteiger partial charge < -0.3 is 4.74 Å². The summed E-state index contributed by atoms with van der Waals surface area (Å²) in [6.45, 7) is 2.79. The number of hydrogen-bond donors (Lipinski definition) is 0. The summed E-state index contributed by atoms with van der Waals surface area (Å²) < 4.78 is 5.39. The van der Waals surface area contributed by atoms with Crippen molar-refractivity contribution < 1.29 is 14.3 Å². The van der Waals surface area contributed by atoms with Crippen LogP contribution in [0.3, 0.4) is 0 Å². The molecule has 0 radical (unpaired) electrons. The van der Waals surface area contributed by atoms with Crippen molar-refractivity contribution in [3.05, 3.63) is 64.8 Å². The zero-order valence-electron chi connectivity index (χ0n) is 13.1. The second-order valence-electron chi connectivity index (χ2n) is 5.13. The molecule has 2 amide bonds. The summed E-state index contributed by atoms with van der Waals surface area (Å²) in [4.78, 5) is 30.2. The third-order valence-corrected chi connectivity index (χ3v) is 4.36. The molecule has 1 fully saturated rings. The summed E-state index contributed by atoms with van der Waals surface area (Å²) in [6.07, 6.45) is 5.02. The lowest BCUT2D eigenvalue weighted by Gasteiger charge is -2.11. The number of thioether (sulfide) groups is 1. The average Bonchev–Trinajstić information content (AvgIpc) is 2.85. The molecule has 2 aromatic rings. The number of nitrogens with zero attached hydrogens (tertiary/aromatic N) is 2. The van der Waals surface area contributed by atoms with E-state index >= 15 is 0 Å². The van der Waals surface area contributed by atoms with Crippen LogP contribution >= 0.6 is 11.8 Å². The van der Waals surface area contributed by atoms with E-state index in [2.05, 4.69) is 4.98 Å². The van der Waals surface area contributed by atoms with Crippen molar-refractivity contribution in [1.82, 2.24) is 9.88 Å². The molecule has 0 unspecified atom stereocenters. The molecule has 0 saturated carbocycles. The Bertz CT molecular complexity index is 773. The van der Waals surface area contributed by atoms with Crippen LogP contribution in [0.5, 0.6) is 5.75 Å². The third kappa shape index (κ3) is 3.65. The molecule has 2 heterocycles. The van der Waals surface area contributed by atoms with Crippen molar-refractivity contribution >= 4 is 29.0 Å². The third-order valence-electron chi connectivity index (χ3n) is 3.45. The van der Waals surface area contributed by atoms with Crippen LogP contribution in [0.25, 0.3) is 6.08 Å². The first-order chi connectivity index (χ1) is 11.7. The van der Waals surface area contributed by atoms with Crippen LogP contribution in [0.15, 0.2) is 53.7 Å². The lowest BCUT2D eigenvalue weighted by atomic mass is 10.2. The Morgan fingerprint density at radius 2 is 1.83 bits per heavy atom. The predicted octanol–water partition coefficient (Wildman–Crippen LogP) is 3.72. The minimum Gasteiger partial charge on any atom is -0.494 e. The maximum absolute atomic E-state index is 12.5. The van der Waals surface area contributed by atoms with Gasteiger partial charge in [0.25, 0.3) is 11.1 Å². The van der Waals surface area contributed by atoms with Gasteiger partial charge in [-0.3, -0.25) is 19.5 Å². The maximum Gasteiger partial charge on any atom is 0.293 e. The maximum atomic E-state index is 12.5. The Morgan fingerprint density at radius 3 is 2.50 bits per heavy atom. The molecule has 3 rings (SSSR count). The van der Waals surface area contributed by atoms with Crippen molar-refractivity contribution in [2.24, 2.45) is 0 Å². The van der Waals surface area contributed by atoms with Crippen LogP contribution in [-0.2, 0) is 11.3 Å². The number of ether oxygens (including phenoxy) is 1. The normalized spacial score (nSPS) is 16.0. The van der Waals surface area contributed by atoms with Gasteiger partial charge in [-0.15, -0.1) is 0 Å². The molecule has 1 aromatic carbocycles. The van der Waals surface area contributed by atoms with Crippen molar-refractivity contribution in [3.8, 4) is 5.75 Å². The molecule has 1 aliphatic rings. The molecule has 122 valence electrons. The van der Waals surface area contributed by atoms with Gasteiger partial charge in [0.1, 0.15) is 5.75 Å². The first-order valence-corrected chi connectivity index (χ1v) is 8.36. The second kappa shape index (κ2) is 7.31. The summed E-state index contributed by atoms with van der Waals surface area (Å²) >= 11 is 0.962. The number of carbonyl (C=O) groups excluding carboxylic acids is 2. The molecular formula is C18H16N2O3S. The van der Waals surface area contributed by atoms with Gasteiger partial charge in [0.05, 0.1) is 18.1 Å². The number of aromatic nitrogens is 1. The standard InChI is InChI=1S/C18H16N2O3S/c1-2-23-15-5-3-13(4-6-15)11-16-17(21)20(18(22)24-16)12-14-7-9-19-10-8-14/h3-11H,2,12H2,1H3. The highest BCUT2D eigenvalue weighted by atomic mass is 32.2. The first kappa shape index (κ1) is 16.3. The van der Waals surface area contributed by atoms with Gasteiger partial charge in [-0.2, -0.15) is 0 Å². The average molecular weight is 340 g/mol. The van der Waals surface area contributed by atoms with Gasteiger partial charge in [-0.05, 0) is 60.2 Å². The van der Waals surface area contributed by atoms with E-state index in [-0.39, 0.29) is 17.7 Å². The molecule has 24 heavy (non-hydrogen) atoms. The summed E-state index contributed by atoms with van der Waals surface area (Å²) in [6, 6.07) is 11.0. The van der Waals surface area contributed by atoms with Crippen LogP contribution in [0.1, 0.15) is 18.1 Å². The summed E-state index contributed by atoms with van der Waals surface area (Å²) in [5, 5.41) is -0.256. The molecule has 0 atom stereocenters. The minimum atomic E-state index is -0.268. The number of amides is 2. The van der Waals surface area contributed by atoms with Gasteiger partial charge in [0.15, 0.2) is 0 Å². The minimum absolute atomic E-state index is 0.256. The van der Waals surface area contributed by atoms with E-state index in [1.807, 2.05) is 31.2 Å². The number of hydrogen-bond acceptors (Lipinski definition) is 5. The highest BCUT2D eigenvalue weighted by molar-refractivity contribution is 8.18. The van der Waals surface area contributed by atoms with Crippen LogP contribution in [-0.4, -0.2) is 27.6 Å². The monoisotopic (exact) mass is 340 g/mol. The molecule has 6 heteroatoms. The topological polar surface area (TPSA) is 59.5 Å². The molecule has 5 nitrogen and oxygen atoms in total. The SMILES string of the molecule is CCOc1ccc(C=C2SC(=O)N(Cc3ccncc3)C2=O)cc1. The molecule has 0 aliphatic carbocycles. The quantitative estimate of drug-likeness (QED) is 0.777. The number of imide groups is 1. The van der Waals surface area contributed by atoms with E-state index in [0.717, 1.165) is 28.6 Å². The number of carbonyl (C=O) groups is 2. The predicted molar refractivity (Wildman–Crippen MR) is 93.4 cm³/mol. The van der Waals surface area contributed by atoms with Gasteiger partial charge in [0.2, 0.25) is 0 Å². The van der Waals surface area contributed by atoms with Crippen molar-refractivity contribution in [1.29, 1.82) is 0 Å². The Hall–Kier alpha value is -2.60. The molecular weight excluding hydrogens is 324 g/mol. The summed E-state index contributed by atoms with van der Waals surface area (Å²) in [5.41, 5.74) is 1.72. The van der Waals surface area contributed by atoms with E-state index in [9.17, 15) is 9.59 Å². The zero-order chi connectivity index (χ0) is 16.9. The summed E-state index contributed by atoms with van der Waals surface area (Å²) in [7, 11) is 0. The molecule has 1 aromatic heterocycles. The van der Waals surface area contributed by atoms with Gasteiger partial charge in [-0.1, -0.05) is 12.1 Å². The van der Waals surface area contributed by atoms with Gasteiger partial charge >= 0.3 is 0 Å². The van der Waals surface area contributed by atoms with Crippen LogP contribution in [0, 0.1) is 0 Å². The first-order valence-electron chi connectivity index (χ1n) is 7.54. The van der Waals surface area contributed by atoms with E-state index < -0.39 is 0 Å². The lowest BCUT2D eigenvalue weighted by Crippen LogP contribution is -2.27. The van der Waals surface area contributed by atoms with E-state index in [4.69, 9.17) is 4.74 Å². The smallest absolute Gasteiger partial charge is 0.293 e. The van der Waals surface area contributed by atoms with Crippen molar-refractivity contribution in [2.75, 3.05) is 6.61 Å². The number of benzene rings is 1. The van der Waals surface area contributed by atoms with E-state index in [1.54, 1.807) is 30.6 Å². The van der Waals surface area contributed by atoms with E-state index in [0.29, 0.717) is 11.5 Å². The van der Waals surface area contributed by atoms with Crippen molar-refractivity contribution in [2.45, 2.75) is 13.5 Å². The van der Waals surface area contributed by atoms with Crippen molar-refractivity contribution in [3.63, 3.8) is 0 Å². The van der Waals surface area contributed by atoms with E-state index in [1.165, 1.54) is 4.90 Å². The summed E-state index contributed by atoms with van der Waals surface area (Å²) in [5.74, 6) is 0.510. The Morgan fingerprint density at radius 1 is 1.12 bits per heavy atom. The largest absolute Gasteiger partial charge is 0.494 e. The molecule has 1 aliphatic heterocycles. The van der Waals surface area contributed by atoms with Crippen LogP contribution in [0.4, 0.5) is 4.79 Å². The highest BCUT2D eigenvalue weighted by Crippen LogP contribution is 2.33. The molecule has 0 N–H and O–H groups in total. The fourth-order valence-electron chi connectivity index (χ4n) is 2.29. The Kier molecular flexibility index (Phi) is 4.96. The fraction of sp³-hybridized carbons (Fsp3) is 0.167. The van der Waals surface area contributed by atoms with Crippen LogP contribution < -0.4 is 4.74 Å². The molecule has 0 bridgehead atoms.